The summed E-state index contributed by atoms with van der Waals surface area (Å²) in [6.45, 7) is 45.1. The normalized spacial score (nSPS) is 20.0. The van der Waals surface area contributed by atoms with Gasteiger partial charge in [-0.2, -0.15) is 0 Å². The number of hydrogen-bond donors (Lipinski definition) is 0. The molecule has 0 atom stereocenters. The van der Waals surface area contributed by atoms with E-state index in [-0.39, 0.29) is 44.6 Å². The van der Waals surface area contributed by atoms with Gasteiger partial charge < -0.3 is 24.7 Å². The Kier molecular flexibility index (Phi) is 32.6. The lowest BCUT2D eigenvalue weighted by Gasteiger charge is -2.40. The molecule has 0 radical (unpaired) electrons. The molecule has 0 spiro atoms. The van der Waals surface area contributed by atoms with Gasteiger partial charge in [-0.3, -0.25) is 0 Å². The molecule has 1 rings (SSSR count). The van der Waals surface area contributed by atoms with E-state index in [4.69, 9.17) is 30.6 Å². The van der Waals surface area contributed by atoms with Crippen LogP contribution < -0.4 is 0 Å². The second-order valence-corrected chi connectivity index (χ2v) is 53.1. The van der Waals surface area contributed by atoms with Crippen molar-refractivity contribution in [3.05, 3.63) is 0 Å². The topological polar surface area (TPSA) is 55.4 Å². The molecule has 284 valence electrons. The minimum atomic E-state index is -2.01. The first-order valence-electron chi connectivity index (χ1n) is 16.5. The fraction of sp³-hybridized carbons (Fsp3) is 1.00. The second kappa shape index (κ2) is 24.8. The van der Waals surface area contributed by atoms with Crippen molar-refractivity contribution in [2.45, 2.75) is 194 Å². The largest absolute Gasteiger partial charge is 0.456 e. The van der Waals surface area contributed by atoms with Crippen molar-refractivity contribution in [2.75, 3.05) is 0 Å². The molecule has 0 aromatic heterocycles. The Morgan fingerprint density at radius 1 is 0.500 bits per heavy atom. The molecule has 0 unspecified atom stereocenters. The number of rotatable bonds is 8. The van der Waals surface area contributed by atoms with Crippen molar-refractivity contribution < 1.29 is 30.6 Å². The Balaban J connectivity index is -0.0000000518. The average molecular weight is 798 g/mol. The molecule has 15 heteroatoms. The molecule has 1 saturated heterocycles. The van der Waals surface area contributed by atoms with Crippen LogP contribution in [0.15, 0.2) is 0 Å². The van der Waals surface area contributed by atoms with Crippen LogP contribution in [0.25, 0.3) is 0 Å². The smallest absolute Gasteiger partial charge is 0.313 e. The van der Waals surface area contributed by atoms with Crippen LogP contribution in [0, 0.1) is 0 Å². The zero-order valence-electron chi connectivity index (χ0n) is 33.2. The Morgan fingerprint density at radius 2 is 0.727 bits per heavy atom. The fourth-order valence-electron chi connectivity index (χ4n) is 4.76. The van der Waals surface area contributed by atoms with Gasteiger partial charge in [-0.25, -0.2) is 0 Å². The molecule has 1 aliphatic rings. The molecular weight excluding hydrogens is 697 g/mol. The van der Waals surface area contributed by atoms with Crippen LogP contribution in [-0.4, -0.2) is 77.0 Å². The zero-order valence-corrected chi connectivity index (χ0v) is 38.5. The van der Waals surface area contributed by atoms with E-state index >= 15 is 0 Å². The van der Waals surface area contributed by atoms with E-state index in [1.807, 2.05) is 0 Å². The fourth-order valence-corrected chi connectivity index (χ4v) is 45.4. The van der Waals surface area contributed by atoms with Gasteiger partial charge in [-0.15, -0.1) is 0 Å². The predicted octanol–water partition coefficient (Wildman–Crippen LogP) is 12.9. The molecule has 0 aromatic carbocycles. The SMILES string of the molecule is C.C.C.C.C.C.CC[SiH]1O[Si](C)(C)O[SiH](CC)O[Si](C)(C)O1.C[Si](C)(C)C[Si](C)(C)O[Si](C)(C)C.C[Si](C)(C)O[Si](C)(C)C.[2H][2H].[2H][2H]. The maximum Gasteiger partial charge on any atom is 0.313 e. The summed E-state index contributed by atoms with van der Waals surface area (Å²) in [4.78, 5) is 0. The lowest BCUT2D eigenvalue weighted by molar-refractivity contribution is 0.260. The average Bonchev–Trinajstić information content (AvgIpc) is 2.68. The Hall–Kier alpha value is 1.71. The van der Waals surface area contributed by atoms with E-state index in [9.17, 15) is 0 Å². The highest BCUT2D eigenvalue weighted by molar-refractivity contribution is 6.95. The van der Waals surface area contributed by atoms with Crippen LogP contribution in [-0.2, 0) is 24.7 Å². The van der Waals surface area contributed by atoms with Crippen LogP contribution in [0.2, 0.25) is 136 Å². The Morgan fingerprint density at radius 3 is 0.864 bits per heavy atom. The van der Waals surface area contributed by atoms with Crippen molar-refractivity contribution in [3.8, 4) is 0 Å². The van der Waals surface area contributed by atoms with Gasteiger partial charge in [0.05, 0.1) is 0 Å². The summed E-state index contributed by atoms with van der Waals surface area (Å²) in [6.07, 6.45) is 0. The molecule has 1 heterocycles. The zero-order chi connectivity index (χ0) is 35.0. The molecule has 1 aliphatic heterocycles. The van der Waals surface area contributed by atoms with Crippen LogP contribution in [0.1, 0.15) is 64.3 Å². The lowest BCUT2D eigenvalue weighted by Crippen LogP contribution is -2.56. The van der Waals surface area contributed by atoms with Crippen molar-refractivity contribution in [1.29, 1.82) is 0 Å². The quantitative estimate of drug-likeness (QED) is 0.228. The van der Waals surface area contributed by atoms with Crippen molar-refractivity contribution in [2.24, 2.45) is 0 Å². The highest BCUT2D eigenvalue weighted by Gasteiger charge is 2.42. The third-order valence-electron chi connectivity index (χ3n) is 4.48. The molecule has 0 aliphatic carbocycles. The van der Waals surface area contributed by atoms with Gasteiger partial charge in [0.25, 0.3) is 0 Å². The van der Waals surface area contributed by atoms with Crippen LogP contribution in [0.5, 0.6) is 0 Å². The van der Waals surface area contributed by atoms with Gasteiger partial charge in [0.2, 0.25) is 0 Å². The third kappa shape index (κ3) is 41.7. The van der Waals surface area contributed by atoms with Gasteiger partial charge in [0.1, 0.15) is 0 Å². The predicted molar refractivity (Wildman–Crippen MR) is 237 cm³/mol. The van der Waals surface area contributed by atoms with Crippen molar-refractivity contribution >= 4 is 77.0 Å². The lowest BCUT2D eigenvalue weighted by atomic mass is 11.0. The van der Waals surface area contributed by atoms with E-state index < -0.39 is 77.0 Å². The van der Waals surface area contributed by atoms with Crippen LogP contribution in [0.3, 0.4) is 0 Å². The molecule has 0 amide bonds. The summed E-state index contributed by atoms with van der Waals surface area (Å²) in [5.74, 6) is 0. The number of hydrogen-bond acceptors (Lipinski definition) is 6. The molecule has 0 bridgehead atoms. The molecule has 44 heavy (non-hydrogen) atoms. The van der Waals surface area contributed by atoms with Gasteiger partial charge in [-0.1, -0.05) is 78.0 Å². The molecule has 0 N–H and O–H groups in total. The van der Waals surface area contributed by atoms with E-state index in [1.165, 1.54) is 5.67 Å². The van der Waals surface area contributed by atoms with Crippen LogP contribution >= 0.6 is 0 Å². The highest BCUT2D eigenvalue weighted by Crippen LogP contribution is 2.25. The van der Waals surface area contributed by atoms with Gasteiger partial charge >= 0.3 is 35.7 Å². The standard InChI is InChI=1S/C9H26OSi3.C8H24O4Si4.C6H18OSi2.6CH4.2H2/c1-11(2,3)9-13(7,8)10-12(4,5)6;1-7-13-9-15(3,4)11-14(8-2)12-16(5,6)10-13;1-8(2,3)7-9(4,5)6;;;;;;;;/h9H2,1-8H3;13-14H,7-8H2,1-6H3;1-6H3;6*1H4;2*1H/i;;;;;;;;;2*1+1D. The minimum Gasteiger partial charge on any atom is -0.456 e. The Labute approximate surface area is 300 Å². The van der Waals surface area contributed by atoms with Crippen molar-refractivity contribution in [1.82, 2.24) is 0 Å². The van der Waals surface area contributed by atoms with E-state index in [2.05, 4.69) is 132 Å². The van der Waals surface area contributed by atoms with E-state index in [0.717, 1.165) is 12.1 Å². The first kappa shape index (κ1) is 57.9. The van der Waals surface area contributed by atoms with Gasteiger partial charge in [0, 0.05) is 14.0 Å². The maximum atomic E-state index is 6.31. The molecule has 6 nitrogen and oxygen atoms in total. The first-order chi connectivity index (χ1) is 18.4. The summed E-state index contributed by atoms with van der Waals surface area (Å²) in [5.41, 5.74) is 1.39. The summed E-state index contributed by atoms with van der Waals surface area (Å²) in [7, 11) is -13.2. The van der Waals surface area contributed by atoms with Gasteiger partial charge in [-0.05, 0) is 116 Å². The molecule has 0 saturated carbocycles. The van der Waals surface area contributed by atoms with Gasteiger partial charge in [0.15, 0.2) is 33.3 Å². The third-order valence-corrected chi connectivity index (χ3v) is 36.3. The minimum absolute atomic E-state index is 0. The summed E-state index contributed by atoms with van der Waals surface area (Å²) in [5, 5.41) is 0. The summed E-state index contributed by atoms with van der Waals surface area (Å²) < 4.78 is 56.7. The Bertz CT molecular complexity index is 620. The molecule has 0 aromatic rings. The summed E-state index contributed by atoms with van der Waals surface area (Å²) in [6, 6.07) is 1.97. The van der Waals surface area contributed by atoms with E-state index in [1.54, 1.807) is 0 Å². The molecule has 1 fully saturated rings. The van der Waals surface area contributed by atoms with Crippen molar-refractivity contribution in [3.63, 3.8) is 0 Å². The second-order valence-electron chi connectivity index (χ2n) is 16.0. The summed E-state index contributed by atoms with van der Waals surface area (Å²) >= 11 is 0. The first-order valence-corrected chi connectivity index (χ1v) is 40.7. The monoisotopic (exact) mass is 797 g/mol. The highest BCUT2D eigenvalue weighted by atomic mass is 28.5. The maximum absolute atomic E-state index is 6.31. The van der Waals surface area contributed by atoms with E-state index in [0.29, 0.717) is 0 Å². The molecular formula is C29H96O6Si9. The van der Waals surface area contributed by atoms with Crippen LogP contribution in [0.4, 0.5) is 0 Å².